The third kappa shape index (κ3) is 5.06. The predicted molar refractivity (Wildman–Crippen MR) is 81.3 cm³/mol. The number of amides is 1. The highest BCUT2D eigenvalue weighted by Gasteiger charge is 2.01. The zero-order chi connectivity index (χ0) is 14.9. The lowest BCUT2D eigenvalue weighted by atomic mass is 10.2. The van der Waals surface area contributed by atoms with Crippen LogP contribution in [-0.4, -0.2) is 23.7 Å². The summed E-state index contributed by atoms with van der Waals surface area (Å²) in [6.07, 6.45) is 4.11. The lowest BCUT2D eigenvalue weighted by Crippen LogP contribution is -2.24. The second kappa shape index (κ2) is 7.79. The van der Waals surface area contributed by atoms with Crippen LogP contribution in [0.4, 0.5) is 0 Å². The third-order valence-corrected chi connectivity index (χ3v) is 2.78. The molecule has 0 atom stereocenters. The number of nitrogens with zero attached hydrogens (tertiary/aromatic N) is 2. The standard InChI is InChI=1S/C16H17N3O2/c1-2-13-6-8-15(9-7-13)21-12-16(20)19-18-11-14-5-3-4-10-17-14/h3-11H,2,12H2,1H3,(H,19,20)/b18-11+. The molecule has 1 aromatic heterocycles. The lowest BCUT2D eigenvalue weighted by Gasteiger charge is -2.05. The highest BCUT2D eigenvalue weighted by Crippen LogP contribution is 2.12. The van der Waals surface area contributed by atoms with Crippen molar-refractivity contribution in [3.63, 3.8) is 0 Å². The topological polar surface area (TPSA) is 63.6 Å². The Hall–Kier alpha value is -2.69. The van der Waals surface area contributed by atoms with E-state index in [9.17, 15) is 4.79 Å². The third-order valence-electron chi connectivity index (χ3n) is 2.78. The Morgan fingerprint density at radius 2 is 2.10 bits per heavy atom. The molecule has 0 radical (unpaired) electrons. The van der Waals surface area contributed by atoms with Crippen molar-refractivity contribution in [1.82, 2.24) is 10.4 Å². The zero-order valence-electron chi connectivity index (χ0n) is 11.8. The predicted octanol–water partition coefficient (Wildman–Crippen LogP) is 2.17. The number of aryl methyl sites for hydroxylation is 1. The molecule has 2 aromatic rings. The minimum atomic E-state index is -0.318. The number of pyridine rings is 1. The number of aromatic nitrogens is 1. The van der Waals surface area contributed by atoms with Gasteiger partial charge in [0.2, 0.25) is 0 Å². The van der Waals surface area contributed by atoms with Crippen LogP contribution in [0.5, 0.6) is 5.75 Å². The molecule has 0 unspecified atom stereocenters. The maximum atomic E-state index is 11.6. The molecule has 5 nitrogen and oxygen atoms in total. The second-order valence-electron chi connectivity index (χ2n) is 4.33. The molecule has 0 spiro atoms. The van der Waals surface area contributed by atoms with E-state index in [2.05, 4.69) is 22.4 Å². The van der Waals surface area contributed by atoms with E-state index in [0.29, 0.717) is 11.4 Å². The number of nitrogens with one attached hydrogen (secondary N) is 1. The quantitative estimate of drug-likeness (QED) is 0.653. The van der Waals surface area contributed by atoms with Crippen LogP contribution >= 0.6 is 0 Å². The maximum absolute atomic E-state index is 11.6. The van der Waals surface area contributed by atoms with Crippen LogP contribution in [0.15, 0.2) is 53.8 Å². The van der Waals surface area contributed by atoms with Crippen molar-refractivity contribution in [2.24, 2.45) is 5.10 Å². The summed E-state index contributed by atoms with van der Waals surface area (Å²) in [6.45, 7) is 2.01. The summed E-state index contributed by atoms with van der Waals surface area (Å²) < 4.78 is 5.37. The molecular weight excluding hydrogens is 266 g/mol. The van der Waals surface area contributed by atoms with E-state index in [1.54, 1.807) is 12.3 Å². The van der Waals surface area contributed by atoms with Gasteiger partial charge in [-0.05, 0) is 36.2 Å². The summed E-state index contributed by atoms with van der Waals surface area (Å²) in [4.78, 5) is 15.6. The zero-order valence-corrected chi connectivity index (χ0v) is 11.8. The Bertz CT molecular complexity index is 595. The van der Waals surface area contributed by atoms with E-state index in [1.165, 1.54) is 11.8 Å². The molecule has 1 N–H and O–H groups in total. The SMILES string of the molecule is CCc1ccc(OCC(=O)N/N=C/c2ccccn2)cc1. The molecule has 108 valence electrons. The van der Waals surface area contributed by atoms with Gasteiger partial charge in [-0.25, -0.2) is 5.43 Å². The van der Waals surface area contributed by atoms with E-state index in [4.69, 9.17) is 4.74 Å². The van der Waals surface area contributed by atoms with Gasteiger partial charge in [0, 0.05) is 6.20 Å². The largest absolute Gasteiger partial charge is 0.484 e. The fourth-order valence-corrected chi connectivity index (χ4v) is 1.63. The van der Waals surface area contributed by atoms with E-state index < -0.39 is 0 Å². The monoisotopic (exact) mass is 283 g/mol. The molecule has 5 heteroatoms. The summed E-state index contributed by atoms with van der Waals surface area (Å²) in [5.41, 5.74) is 4.29. The van der Waals surface area contributed by atoms with E-state index in [0.717, 1.165) is 6.42 Å². The van der Waals surface area contributed by atoms with E-state index in [1.807, 2.05) is 36.4 Å². The van der Waals surface area contributed by atoms with Gasteiger partial charge in [-0.2, -0.15) is 5.10 Å². The van der Waals surface area contributed by atoms with Gasteiger partial charge in [-0.3, -0.25) is 9.78 Å². The van der Waals surface area contributed by atoms with Crippen molar-refractivity contribution < 1.29 is 9.53 Å². The Kier molecular flexibility index (Phi) is 5.46. The molecule has 1 aromatic carbocycles. The second-order valence-corrected chi connectivity index (χ2v) is 4.33. The summed E-state index contributed by atoms with van der Waals surface area (Å²) in [5.74, 6) is 0.345. The number of ether oxygens (including phenoxy) is 1. The molecule has 0 fully saturated rings. The molecular formula is C16H17N3O2. The molecule has 1 amide bonds. The smallest absolute Gasteiger partial charge is 0.277 e. The van der Waals surface area contributed by atoms with Gasteiger partial charge in [-0.15, -0.1) is 0 Å². The molecule has 0 bridgehead atoms. The molecule has 0 aliphatic carbocycles. The summed E-state index contributed by atoms with van der Waals surface area (Å²) >= 11 is 0. The van der Waals surface area contributed by atoms with Crippen molar-refractivity contribution in [2.75, 3.05) is 6.61 Å². The average Bonchev–Trinajstić information content (AvgIpc) is 2.54. The van der Waals surface area contributed by atoms with Crippen molar-refractivity contribution in [2.45, 2.75) is 13.3 Å². The first-order valence-corrected chi connectivity index (χ1v) is 6.72. The number of benzene rings is 1. The Balaban J connectivity index is 1.75. The van der Waals surface area contributed by atoms with Gasteiger partial charge in [0.05, 0.1) is 11.9 Å². The van der Waals surface area contributed by atoms with E-state index in [-0.39, 0.29) is 12.5 Å². The maximum Gasteiger partial charge on any atom is 0.277 e. The van der Waals surface area contributed by atoms with Gasteiger partial charge >= 0.3 is 0 Å². The van der Waals surface area contributed by atoms with Gasteiger partial charge in [0.25, 0.3) is 5.91 Å². The fraction of sp³-hybridized carbons (Fsp3) is 0.188. The minimum absolute atomic E-state index is 0.0783. The molecule has 1 heterocycles. The fourth-order valence-electron chi connectivity index (χ4n) is 1.63. The van der Waals surface area contributed by atoms with Gasteiger partial charge in [0.1, 0.15) is 5.75 Å². The van der Waals surface area contributed by atoms with Crippen molar-refractivity contribution in [3.8, 4) is 5.75 Å². The highest BCUT2D eigenvalue weighted by molar-refractivity contribution is 5.81. The van der Waals surface area contributed by atoms with Crippen molar-refractivity contribution in [1.29, 1.82) is 0 Å². The lowest BCUT2D eigenvalue weighted by molar-refractivity contribution is -0.123. The molecule has 0 aliphatic rings. The summed E-state index contributed by atoms with van der Waals surface area (Å²) in [5, 5.41) is 3.81. The number of hydrogen-bond donors (Lipinski definition) is 1. The van der Waals surface area contributed by atoms with Crippen LogP contribution in [-0.2, 0) is 11.2 Å². The van der Waals surface area contributed by atoms with Gasteiger partial charge in [0.15, 0.2) is 6.61 Å². The normalized spacial score (nSPS) is 10.5. The van der Waals surface area contributed by atoms with Crippen LogP contribution in [0, 0.1) is 0 Å². The van der Waals surface area contributed by atoms with Crippen molar-refractivity contribution in [3.05, 3.63) is 59.9 Å². The van der Waals surface area contributed by atoms with Gasteiger partial charge < -0.3 is 4.74 Å². The van der Waals surface area contributed by atoms with Crippen LogP contribution in [0.3, 0.4) is 0 Å². The molecule has 0 saturated carbocycles. The molecule has 0 aliphatic heterocycles. The molecule has 2 rings (SSSR count). The first kappa shape index (κ1) is 14.7. The van der Waals surface area contributed by atoms with Crippen LogP contribution in [0.1, 0.15) is 18.2 Å². The number of hydrazone groups is 1. The van der Waals surface area contributed by atoms with Crippen LogP contribution < -0.4 is 10.2 Å². The average molecular weight is 283 g/mol. The highest BCUT2D eigenvalue weighted by atomic mass is 16.5. The number of rotatable bonds is 6. The Labute approximate surface area is 123 Å². The van der Waals surface area contributed by atoms with Crippen molar-refractivity contribution >= 4 is 12.1 Å². The first-order valence-electron chi connectivity index (χ1n) is 6.72. The molecule has 21 heavy (non-hydrogen) atoms. The summed E-state index contributed by atoms with van der Waals surface area (Å²) in [6, 6.07) is 13.1. The Morgan fingerprint density at radius 3 is 2.76 bits per heavy atom. The van der Waals surface area contributed by atoms with E-state index >= 15 is 0 Å². The Morgan fingerprint density at radius 1 is 1.29 bits per heavy atom. The van der Waals surface area contributed by atoms with Gasteiger partial charge in [-0.1, -0.05) is 25.1 Å². The van der Waals surface area contributed by atoms with Crippen LogP contribution in [0.25, 0.3) is 0 Å². The minimum Gasteiger partial charge on any atom is -0.484 e. The van der Waals surface area contributed by atoms with Crippen LogP contribution in [0.2, 0.25) is 0 Å². The number of hydrogen-bond acceptors (Lipinski definition) is 4. The summed E-state index contributed by atoms with van der Waals surface area (Å²) in [7, 11) is 0. The number of carbonyl (C=O) groups is 1. The number of carbonyl (C=O) groups excluding carboxylic acids is 1. The first-order chi connectivity index (χ1) is 10.3. The molecule has 0 saturated heterocycles.